The SMILES string of the molecule is N#Cc1ccc(Nc2ccc(C(=O)O)cc2Cl)cc1. The van der Waals surface area contributed by atoms with E-state index in [9.17, 15) is 4.79 Å². The summed E-state index contributed by atoms with van der Waals surface area (Å²) >= 11 is 6.00. The van der Waals surface area contributed by atoms with Gasteiger partial charge in [-0.1, -0.05) is 11.6 Å². The first kappa shape index (κ1) is 12.9. The number of halogens is 1. The molecule has 0 heterocycles. The first-order chi connectivity index (χ1) is 9.10. The molecule has 19 heavy (non-hydrogen) atoms. The van der Waals surface area contributed by atoms with Crippen LogP contribution in [0, 0.1) is 11.3 Å². The van der Waals surface area contributed by atoms with Crippen LogP contribution in [-0.4, -0.2) is 11.1 Å². The number of carbonyl (C=O) groups is 1. The van der Waals surface area contributed by atoms with E-state index in [-0.39, 0.29) is 5.56 Å². The van der Waals surface area contributed by atoms with Crippen molar-refractivity contribution in [3.63, 3.8) is 0 Å². The maximum absolute atomic E-state index is 10.8. The molecule has 0 fully saturated rings. The molecule has 2 aromatic rings. The Morgan fingerprint density at radius 2 is 1.89 bits per heavy atom. The Morgan fingerprint density at radius 3 is 2.42 bits per heavy atom. The lowest BCUT2D eigenvalue weighted by Gasteiger charge is -2.09. The van der Waals surface area contributed by atoms with E-state index >= 15 is 0 Å². The molecule has 0 atom stereocenters. The third kappa shape index (κ3) is 3.03. The van der Waals surface area contributed by atoms with Crippen molar-refractivity contribution in [2.75, 3.05) is 5.32 Å². The molecule has 0 aliphatic carbocycles. The molecule has 0 aliphatic rings. The molecule has 2 aromatic carbocycles. The van der Waals surface area contributed by atoms with Gasteiger partial charge in [0.05, 0.1) is 27.9 Å². The number of nitriles is 1. The van der Waals surface area contributed by atoms with Crippen molar-refractivity contribution < 1.29 is 9.90 Å². The van der Waals surface area contributed by atoms with Gasteiger partial charge in [-0.15, -0.1) is 0 Å². The zero-order valence-electron chi connectivity index (χ0n) is 9.72. The van der Waals surface area contributed by atoms with E-state index in [1.54, 1.807) is 30.3 Å². The van der Waals surface area contributed by atoms with Gasteiger partial charge in [0.25, 0.3) is 0 Å². The number of rotatable bonds is 3. The lowest BCUT2D eigenvalue weighted by molar-refractivity contribution is 0.0697. The van der Waals surface area contributed by atoms with Gasteiger partial charge in [0, 0.05) is 5.69 Å². The van der Waals surface area contributed by atoms with Crippen LogP contribution in [0.3, 0.4) is 0 Å². The number of carboxylic acid groups (broad SMARTS) is 1. The summed E-state index contributed by atoms with van der Waals surface area (Å²) in [6, 6.07) is 13.4. The first-order valence-corrected chi connectivity index (χ1v) is 5.78. The number of benzene rings is 2. The van der Waals surface area contributed by atoms with Crippen LogP contribution in [-0.2, 0) is 0 Å². The van der Waals surface area contributed by atoms with Gasteiger partial charge in [-0.25, -0.2) is 4.79 Å². The van der Waals surface area contributed by atoms with Crippen LogP contribution >= 0.6 is 11.6 Å². The number of carboxylic acids is 1. The molecule has 0 spiro atoms. The molecule has 5 heteroatoms. The van der Waals surface area contributed by atoms with Gasteiger partial charge >= 0.3 is 5.97 Å². The highest BCUT2D eigenvalue weighted by Crippen LogP contribution is 2.26. The molecule has 0 aromatic heterocycles. The summed E-state index contributed by atoms with van der Waals surface area (Å²) in [6.07, 6.45) is 0. The molecule has 0 unspecified atom stereocenters. The smallest absolute Gasteiger partial charge is 0.335 e. The van der Waals surface area contributed by atoms with Gasteiger partial charge in [0.15, 0.2) is 0 Å². The zero-order chi connectivity index (χ0) is 13.8. The molecule has 0 saturated heterocycles. The summed E-state index contributed by atoms with van der Waals surface area (Å²) in [5.74, 6) is -1.02. The second kappa shape index (κ2) is 5.42. The zero-order valence-corrected chi connectivity index (χ0v) is 10.5. The van der Waals surface area contributed by atoms with Gasteiger partial charge in [-0.3, -0.25) is 0 Å². The predicted octanol–water partition coefficient (Wildman–Crippen LogP) is 3.65. The minimum absolute atomic E-state index is 0.135. The van der Waals surface area contributed by atoms with E-state index in [1.807, 2.05) is 6.07 Å². The van der Waals surface area contributed by atoms with Gasteiger partial charge in [-0.05, 0) is 42.5 Å². The van der Waals surface area contributed by atoms with Crippen LogP contribution < -0.4 is 5.32 Å². The van der Waals surface area contributed by atoms with E-state index in [0.29, 0.717) is 16.3 Å². The molecule has 0 aliphatic heterocycles. The van der Waals surface area contributed by atoms with Crippen molar-refractivity contribution in [1.29, 1.82) is 5.26 Å². The van der Waals surface area contributed by atoms with Crippen molar-refractivity contribution in [1.82, 2.24) is 0 Å². The van der Waals surface area contributed by atoms with Gasteiger partial charge < -0.3 is 10.4 Å². The van der Waals surface area contributed by atoms with E-state index in [0.717, 1.165) is 5.69 Å². The topological polar surface area (TPSA) is 73.1 Å². The molecular weight excluding hydrogens is 264 g/mol. The molecule has 0 saturated carbocycles. The Morgan fingerprint density at radius 1 is 1.21 bits per heavy atom. The van der Waals surface area contributed by atoms with E-state index in [1.165, 1.54) is 12.1 Å². The number of nitrogens with one attached hydrogen (secondary N) is 1. The predicted molar refractivity (Wildman–Crippen MR) is 72.9 cm³/mol. The summed E-state index contributed by atoms with van der Waals surface area (Å²) in [5, 5.41) is 20.9. The Labute approximate surface area is 114 Å². The Balaban J connectivity index is 2.23. The number of anilines is 2. The maximum atomic E-state index is 10.8. The standard InChI is InChI=1S/C14H9ClN2O2/c15-12-7-10(14(18)19)3-6-13(12)17-11-4-1-9(8-16)2-5-11/h1-7,17H,(H,18,19). The molecule has 4 nitrogen and oxygen atoms in total. The number of hydrogen-bond acceptors (Lipinski definition) is 3. The van der Waals surface area contributed by atoms with Gasteiger partial charge in [0.2, 0.25) is 0 Å². The minimum Gasteiger partial charge on any atom is -0.478 e. The van der Waals surface area contributed by atoms with Crippen LogP contribution in [0.5, 0.6) is 0 Å². The van der Waals surface area contributed by atoms with Crippen molar-refractivity contribution in [3.05, 3.63) is 58.6 Å². The van der Waals surface area contributed by atoms with Crippen molar-refractivity contribution in [2.24, 2.45) is 0 Å². The number of aromatic carboxylic acids is 1. The largest absolute Gasteiger partial charge is 0.478 e. The van der Waals surface area contributed by atoms with E-state index < -0.39 is 5.97 Å². The fourth-order valence-corrected chi connectivity index (χ4v) is 1.76. The average molecular weight is 273 g/mol. The second-order valence-electron chi connectivity index (χ2n) is 3.81. The monoisotopic (exact) mass is 272 g/mol. The molecule has 2 rings (SSSR count). The summed E-state index contributed by atoms with van der Waals surface area (Å²) in [5.41, 5.74) is 2.08. The molecule has 94 valence electrons. The second-order valence-corrected chi connectivity index (χ2v) is 4.22. The maximum Gasteiger partial charge on any atom is 0.335 e. The van der Waals surface area contributed by atoms with E-state index in [4.69, 9.17) is 22.0 Å². The number of nitrogens with zero attached hydrogens (tertiary/aromatic N) is 1. The highest BCUT2D eigenvalue weighted by atomic mass is 35.5. The van der Waals surface area contributed by atoms with Crippen molar-refractivity contribution >= 4 is 28.9 Å². The normalized spacial score (nSPS) is 9.68. The van der Waals surface area contributed by atoms with Crippen LogP contribution in [0.25, 0.3) is 0 Å². The minimum atomic E-state index is -1.02. The molecule has 0 radical (unpaired) electrons. The summed E-state index contributed by atoms with van der Waals surface area (Å²) in [4.78, 5) is 10.8. The third-order valence-electron chi connectivity index (χ3n) is 2.51. The highest BCUT2D eigenvalue weighted by Gasteiger charge is 2.07. The summed E-state index contributed by atoms with van der Waals surface area (Å²) < 4.78 is 0. The molecular formula is C14H9ClN2O2. The van der Waals surface area contributed by atoms with Gasteiger partial charge in [0.1, 0.15) is 0 Å². The first-order valence-electron chi connectivity index (χ1n) is 5.40. The van der Waals surface area contributed by atoms with Crippen LogP contribution in [0.4, 0.5) is 11.4 Å². The fourth-order valence-electron chi connectivity index (χ4n) is 1.53. The summed E-state index contributed by atoms with van der Waals surface area (Å²) in [7, 11) is 0. The van der Waals surface area contributed by atoms with Crippen molar-refractivity contribution in [3.8, 4) is 6.07 Å². The lowest BCUT2D eigenvalue weighted by atomic mass is 10.2. The highest BCUT2D eigenvalue weighted by molar-refractivity contribution is 6.33. The summed E-state index contributed by atoms with van der Waals surface area (Å²) in [6.45, 7) is 0. The Hall–Kier alpha value is -2.51. The third-order valence-corrected chi connectivity index (χ3v) is 2.82. The average Bonchev–Trinajstić information content (AvgIpc) is 2.41. The molecule has 0 bridgehead atoms. The molecule has 0 amide bonds. The van der Waals surface area contributed by atoms with E-state index in [2.05, 4.69) is 5.32 Å². The van der Waals surface area contributed by atoms with Crippen LogP contribution in [0.1, 0.15) is 15.9 Å². The van der Waals surface area contributed by atoms with Crippen molar-refractivity contribution in [2.45, 2.75) is 0 Å². The van der Waals surface area contributed by atoms with Crippen LogP contribution in [0.2, 0.25) is 5.02 Å². The Kier molecular flexibility index (Phi) is 3.69. The fraction of sp³-hybridized carbons (Fsp3) is 0. The van der Waals surface area contributed by atoms with Crippen LogP contribution in [0.15, 0.2) is 42.5 Å². The molecule has 2 N–H and O–H groups in total. The number of hydrogen-bond donors (Lipinski definition) is 2. The Bertz CT molecular complexity index is 660. The van der Waals surface area contributed by atoms with Gasteiger partial charge in [-0.2, -0.15) is 5.26 Å². The quantitative estimate of drug-likeness (QED) is 0.894. The lowest BCUT2D eigenvalue weighted by Crippen LogP contribution is -1.97.